The number of likely N-dealkylation sites (N-methyl/N-ethyl adjacent to an activating group) is 1. The molecule has 2 rings (SSSR count). The van der Waals surface area contributed by atoms with Crippen LogP contribution in [0.4, 0.5) is 5.69 Å². The van der Waals surface area contributed by atoms with Gasteiger partial charge in [0, 0.05) is 31.6 Å². The first-order chi connectivity index (χ1) is 15.4. The van der Waals surface area contributed by atoms with E-state index in [4.69, 9.17) is 34.8 Å². The van der Waals surface area contributed by atoms with E-state index >= 15 is 0 Å². The zero-order valence-electron chi connectivity index (χ0n) is 18.5. The number of rotatable bonds is 10. The fourth-order valence-corrected chi connectivity index (χ4v) is 4.72. The molecule has 33 heavy (non-hydrogen) atoms. The van der Waals surface area contributed by atoms with Crippen molar-refractivity contribution in [1.82, 2.24) is 10.2 Å². The van der Waals surface area contributed by atoms with E-state index in [1.807, 2.05) is 0 Å². The summed E-state index contributed by atoms with van der Waals surface area (Å²) >= 11 is 18.1. The number of nitrogens with zero attached hydrogens (tertiary/aromatic N) is 2. The normalized spacial score (nSPS) is 12.2. The number of sulfonamides is 1. The van der Waals surface area contributed by atoms with Crippen molar-refractivity contribution in [2.75, 3.05) is 24.2 Å². The van der Waals surface area contributed by atoms with E-state index in [0.717, 1.165) is 6.26 Å². The summed E-state index contributed by atoms with van der Waals surface area (Å²) in [6.07, 6.45) is 1.38. The third kappa shape index (κ3) is 7.78. The second-order valence-electron chi connectivity index (χ2n) is 7.48. The number of carbonyl (C=O) groups excluding carboxylic acids is 2. The summed E-state index contributed by atoms with van der Waals surface area (Å²) in [4.78, 5) is 26.8. The summed E-state index contributed by atoms with van der Waals surface area (Å²) in [5.41, 5.74) is 1.13. The molecule has 0 saturated heterocycles. The lowest BCUT2D eigenvalue weighted by Gasteiger charge is -2.29. The van der Waals surface area contributed by atoms with Crippen LogP contribution >= 0.6 is 34.8 Å². The van der Waals surface area contributed by atoms with Crippen LogP contribution in [0.15, 0.2) is 42.5 Å². The molecule has 0 radical (unpaired) electrons. The van der Waals surface area contributed by atoms with E-state index in [2.05, 4.69) is 5.32 Å². The van der Waals surface area contributed by atoms with E-state index < -0.39 is 16.1 Å². The zero-order valence-corrected chi connectivity index (χ0v) is 21.6. The van der Waals surface area contributed by atoms with Crippen LogP contribution in [0.2, 0.25) is 15.1 Å². The molecule has 0 aliphatic rings. The van der Waals surface area contributed by atoms with Gasteiger partial charge in [-0.05, 0) is 49.2 Å². The van der Waals surface area contributed by atoms with Crippen LogP contribution in [0, 0.1) is 0 Å². The number of hydrogen-bond donors (Lipinski definition) is 1. The van der Waals surface area contributed by atoms with Crippen molar-refractivity contribution in [3.8, 4) is 0 Å². The Hall–Kier alpha value is -2.00. The molecule has 0 bridgehead atoms. The molecular weight excluding hydrogens is 509 g/mol. The van der Waals surface area contributed by atoms with Crippen molar-refractivity contribution in [3.05, 3.63) is 63.1 Å². The van der Waals surface area contributed by atoms with Gasteiger partial charge in [-0.2, -0.15) is 0 Å². The number of hydrogen-bond acceptors (Lipinski definition) is 4. The molecule has 0 saturated carbocycles. The van der Waals surface area contributed by atoms with Crippen molar-refractivity contribution < 1.29 is 18.0 Å². The average Bonchev–Trinajstić information content (AvgIpc) is 2.75. The second-order valence-corrected chi connectivity index (χ2v) is 10.6. The molecule has 180 valence electrons. The second kappa shape index (κ2) is 11.9. The smallest absolute Gasteiger partial charge is 0.242 e. The van der Waals surface area contributed by atoms with Crippen LogP contribution in [0.1, 0.15) is 25.3 Å². The van der Waals surface area contributed by atoms with Gasteiger partial charge in [-0.25, -0.2) is 8.42 Å². The summed E-state index contributed by atoms with van der Waals surface area (Å²) in [5.74, 6) is -0.614. The van der Waals surface area contributed by atoms with Gasteiger partial charge < -0.3 is 10.2 Å². The number of benzene rings is 2. The van der Waals surface area contributed by atoms with Gasteiger partial charge in [0.2, 0.25) is 21.8 Å². The molecule has 2 amide bonds. The molecule has 7 nitrogen and oxygen atoms in total. The largest absolute Gasteiger partial charge is 0.357 e. The Kier molecular flexibility index (Phi) is 9.84. The maximum absolute atomic E-state index is 13.1. The van der Waals surface area contributed by atoms with Gasteiger partial charge in [0.25, 0.3) is 0 Å². The van der Waals surface area contributed by atoms with Gasteiger partial charge >= 0.3 is 0 Å². The lowest BCUT2D eigenvalue weighted by Crippen LogP contribution is -2.46. The molecule has 0 aliphatic heterocycles. The summed E-state index contributed by atoms with van der Waals surface area (Å²) in [6, 6.07) is 10.8. The summed E-state index contributed by atoms with van der Waals surface area (Å²) in [6.45, 7) is 1.86. The molecule has 2 aromatic carbocycles. The fourth-order valence-electron chi connectivity index (χ4n) is 3.26. The first kappa shape index (κ1) is 27.2. The average molecular weight is 535 g/mol. The third-order valence-electron chi connectivity index (χ3n) is 5.00. The molecule has 0 aliphatic carbocycles. The van der Waals surface area contributed by atoms with Crippen LogP contribution in [-0.2, 0) is 26.2 Å². The number of anilines is 1. The van der Waals surface area contributed by atoms with Crippen LogP contribution in [-0.4, -0.2) is 51.0 Å². The number of carbonyl (C=O) groups is 2. The minimum absolute atomic E-state index is 0.0369. The van der Waals surface area contributed by atoms with Crippen molar-refractivity contribution in [2.45, 2.75) is 32.4 Å². The highest BCUT2D eigenvalue weighted by molar-refractivity contribution is 7.92. The molecule has 0 aromatic heterocycles. The van der Waals surface area contributed by atoms with Crippen molar-refractivity contribution in [3.63, 3.8) is 0 Å². The van der Waals surface area contributed by atoms with Crippen molar-refractivity contribution >= 4 is 62.3 Å². The zero-order chi connectivity index (χ0) is 24.8. The highest BCUT2D eigenvalue weighted by atomic mass is 35.5. The maximum atomic E-state index is 13.1. The number of halogens is 3. The van der Waals surface area contributed by atoms with Crippen LogP contribution in [0.25, 0.3) is 0 Å². The minimum Gasteiger partial charge on any atom is -0.357 e. The lowest BCUT2D eigenvalue weighted by molar-refractivity contribution is -0.140. The molecule has 1 atom stereocenters. The van der Waals surface area contributed by atoms with E-state index in [0.29, 0.717) is 26.3 Å². The minimum atomic E-state index is -3.59. The molecule has 0 unspecified atom stereocenters. The first-order valence-electron chi connectivity index (χ1n) is 10.1. The van der Waals surface area contributed by atoms with E-state index in [9.17, 15) is 18.0 Å². The fraction of sp³-hybridized carbons (Fsp3) is 0.364. The van der Waals surface area contributed by atoms with Gasteiger partial charge in [-0.1, -0.05) is 46.9 Å². The van der Waals surface area contributed by atoms with E-state index in [1.54, 1.807) is 49.4 Å². The van der Waals surface area contributed by atoms with Crippen molar-refractivity contribution in [2.24, 2.45) is 0 Å². The summed E-state index contributed by atoms with van der Waals surface area (Å²) in [7, 11) is -2.09. The molecule has 2 aromatic rings. The monoisotopic (exact) mass is 533 g/mol. The first-order valence-corrected chi connectivity index (χ1v) is 13.1. The Labute approximate surface area is 209 Å². The highest BCUT2D eigenvalue weighted by Crippen LogP contribution is 2.25. The standard InChI is InChI=1S/C22H26Cl3N3O4S/c1-15(22(30)26-2)27(14-16-9-10-19(24)20(25)12-16)21(29)8-5-11-28(33(3,31)32)18-7-4-6-17(23)13-18/h4,6-7,9-10,12-13,15H,5,8,11,14H2,1-3H3,(H,26,30)/t15-/m1/s1. The Bertz CT molecular complexity index is 1110. The van der Waals surface area contributed by atoms with E-state index in [-0.39, 0.29) is 37.7 Å². The van der Waals surface area contributed by atoms with Crippen LogP contribution in [0.5, 0.6) is 0 Å². The maximum Gasteiger partial charge on any atom is 0.242 e. The number of amides is 2. The third-order valence-corrected chi connectivity index (χ3v) is 7.17. The molecular formula is C22H26Cl3N3O4S. The Morgan fingerprint density at radius 1 is 1.06 bits per heavy atom. The van der Waals surface area contributed by atoms with Gasteiger partial charge in [0.05, 0.1) is 22.0 Å². The van der Waals surface area contributed by atoms with Gasteiger partial charge in [-0.15, -0.1) is 0 Å². The van der Waals surface area contributed by atoms with Crippen LogP contribution in [0.3, 0.4) is 0 Å². The highest BCUT2D eigenvalue weighted by Gasteiger charge is 2.26. The van der Waals surface area contributed by atoms with Gasteiger partial charge in [0.1, 0.15) is 6.04 Å². The van der Waals surface area contributed by atoms with Crippen molar-refractivity contribution in [1.29, 1.82) is 0 Å². The molecule has 11 heteroatoms. The molecule has 0 heterocycles. The Morgan fingerprint density at radius 2 is 1.76 bits per heavy atom. The Balaban J connectivity index is 2.16. The topological polar surface area (TPSA) is 86.8 Å². The van der Waals surface area contributed by atoms with E-state index in [1.165, 1.54) is 16.3 Å². The van der Waals surface area contributed by atoms with Crippen LogP contribution < -0.4 is 9.62 Å². The molecule has 0 fully saturated rings. The predicted molar refractivity (Wildman–Crippen MR) is 133 cm³/mol. The lowest BCUT2D eigenvalue weighted by atomic mass is 10.1. The quantitative estimate of drug-likeness (QED) is 0.491. The summed E-state index contributed by atoms with van der Waals surface area (Å²) in [5, 5.41) is 3.69. The Morgan fingerprint density at radius 3 is 2.33 bits per heavy atom. The summed E-state index contributed by atoms with van der Waals surface area (Å²) < 4.78 is 25.8. The SMILES string of the molecule is CNC(=O)[C@@H](C)N(Cc1ccc(Cl)c(Cl)c1)C(=O)CCCN(c1cccc(Cl)c1)S(C)(=O)=O. The number of nitrogens with one attached hydrogen (secondary N) is 1. The molecule has 1 N–H and O–H groups in total. The molecule has 0 spiro atoms. The predicted octanol–water partition coefficient (Wildman–Crippen LogP) is 4.36. The van der Waals surface area contributed by atoms with Gasteiger partial charge in [-0.3, -0.25) is 13.9 Å². The van der Waals surface area contributed by atoms with Gasteiger partial charge in [0.15, 0.2) is 0 Å².